The van der Waals surface area contributed by atoms with E-state index >= 15 is 0 Å². The third-order valence-electron chi connectivity index (χ3n) is 27.7. The fourth-order valence-corrected chi connectivity index (χ4v) is 22.0. The second kappa shape index (κ2) is 27.1. The van der Waals surface area contributed by atoms with Crippen molar-refractivity contribution in [2.45, 2.75) is 88.3 Å². The van der Waals surface area contributed by atoms with Gasteiger partial charge in [0.05, 0.1) is 72.8 Å². The molecule has 0 radical (unpaired) electrons. The molecule has 0 N–H and O–H groups in total. The summed E-state index contributed by atoms with van der Waals surface area (Å²) in [5, 5.41) is 0. The number of imidazole rings is 3. The van der Waals surface area contributed by atoms with Crippen LogP contribution in [0.3, 0.4) is 0 Å². The number of aromatic nitrogens is 6. The van der Waals surface area contributed by atoms with E-state index in [0.717, 1.165) is 95.2 Å². The van der Waals surface area contributed by atoms with E-state index < -0.39 is 11.1 Å². The minimum Gasteiger partial charge on any atom is -0.425 e. The standard InChI is InChI=1S/C41H29N3O.C41H31N3O.C31H27N3O/c1-40(2)31-17-7-10-20-35(31)43(36-21-11-8-18-32(36)40)26-23-24-33-38(25-26)45-39-42-34-19-9-12-22-37(34)44(39)41(33)29-15-5-3-13-27(29)28-14-4-6-16-30(28)41;1-40(2)31-19-9-12-22-35(31)43(36-23-13-10-20-32(36)40)30-25-26-33-38(27-30)45-39-42-34-21-11-14-24-37(34)44(39)41(33,28-15-5-3-6-16-28)29-17-7-4-8-18-29;1-30(2)21-11-5-8-14-25(21)33(26-15-9-6-12-22(26)30)20-17-18-23-28(19-20)35-29-32-24-13-7-10-16-27(24)34(29)31(23,3)4/h3-25H,1-2H3;3-27H,1-2H3;5-19H,1-4H3. The number of ether oxygens (including phenoxy) is 3. The van der Waals surface area contributed by atoms with Crippen LogP contribution in [0.4, 0.5) is 51.2 Å². The third kappa shape index (κ3) is 10.4. The molecule has 1 aliphatic carbocycles. The molecule has 7 aliphatic rings. The Morgan fingerprint density at radius 1 is 0.216 bits per heavy atom. The van der Waals surface area contributed by atoms with Gasteiger partial charge in [0, 0.05) is 68.2 Å². The van der Waals surface area contributed by atoms with Crippen LogP contribution in [0.2, 0.25) is 0 Å². The van der Waals surface area contributed by atoms with Gasteiger partial charge < -0.3 is 28.9 Å². The molecule has 0 atom stereocenters. The highest BCUT2D eigenvalue weighted by Crippen LogP contribution is 2.64. The predicted octanol–water partition coefficient (Wildman–Crippen LogP) is 28.2. The lowest BCUT2D eigenvalue weighted by molar-refractivity contribution is 0.306. The van der Waals surface area contributed by atoms with Gasteiger partial charge in [-0.25, -0.2) is 0 Å². The van der Waals surface area contributed by atoms with E-state index in [9.17, 15) is 0 Å². The zero-order valence-corrected chi connectivity index (χ0v) is 70.6. The highest BCUT2D eigenvalue weighted by molar-refractivity contribution is 5.94. The molecular weight excluding hydrogens is 1530 g/mol. The van der Waals surface area contributed by atoms with Crippen molar-refractivity contribution >= 4 is 84.3 Å². The third-order valence-corrected chi connectivity index (χ3v) is 27.7. The minimum absolute atomic E-state index is 0.0821. The van der Waals surface area contributed by atoms with Crippen molar-refractivity contribution in [1.82, 2.24) is 28.7 Å². The van der Waals surface area contributed by atoms with Crippen molar-refractivity contribution in [2.24, 2.45) is 0 Å². The topological polar surface area (TPSA) is 90.9 Å². The smallest absolute Gasteiger partial charge is 0.304 e. The summed E-state index contributed by atoms with van der Waals surface area (Å²) in [7, 11) is 0. The van der Waals surface area contributed by atoms with E-state index in [1.165, 1.54) is 89.8 Å². The molecule has 0 fully saturated rings. The molecule has 6 aliphatic heterocycles. The first-order valence-corrected chi connectivity index (χ1v) is 43.2. The normalized spacial score (nSPS) is 15.9. The highest BCUT2D eigenvalue weighted by atomic mass is 16.5. The van der Waals surface area contributed by atoms with E-state index in [1.54, 1.807) is 0 Å². The van der Waals surface area contributed by atoms with Crippen LogP contribution < -0.4 is 28.9 Å². The Morgan fingerprint density at radius 3 is 0.824 bits per heavy atom. The largest absolute Gasteiger partial charge is 0.425 e. The molecule has 0 amide bonds. The van der Waals surface area contributed by atoms with E-state index in [2.05, 4.69) is 442 Å². The van der Waals surface area contributed by atoms with E-state index in [0.29, 0.717) is 18.0 Å². The van der Waals surface area contributed by atoms with Gasteiger partial charge in [-0.2, -0.15) is 15.0 Å². The van der Waals surface area contributed by atoms with Gasteiger partial charge in [0.25, 0.3) is 0 Å². The molecule has 0 saturated heterocycles. The average Bonchev–Trinajstić information content (AvgIpc) is 1.49. The number of rotatable bonds is 5. The highest BCUT2D eigenvalue weighted by Gasteiger charge is 2.54. The lowest BCUT2D eigenvalue weighted by Gasteiger charge is -2.43. The molecule has 19 aromatic rings. The monoisotopic (exact) mass is 1620 g/mol. The predicted molar refractivity (Wildman–Crippen MR) is 503 cm³/mol. The van der Waals surface area contributed by atoms with Gasteiger partial charge in [0.15, 0.2) is 0 Å². The molecule has 602 valence electrons. The minimum atomic E-state index is -0.709. The van der Waals surface area contributed by atoms with Crippen LogP contribution in [0.25, 0.3) is 44.2 Å². The number of hydrogen-bond acceptors (Lipinski definition) is 9. The maximum absolute atomic E-state index is 6.85. The number of fused-ring (bicyclic) bond motifs is 25. The second-order valence-electron chi connectivity index (χ2n) is 35.8. The number of anilines is 9. The van der Waals surface area contributed by atoms with Crippen LogP contribution in [0.15, 0.2) is 382 Å². The molecule has 0 bridgehead atoms. The van der Waals surface area contributed by atoms with Crippen molar-refractivity contribution in [2.75, 3.05) is 14.7 Å². The second-order valence-corrected chi connectivity index (χ2v) is 35.8. The summed E-state index contributed by atoms with van der Waals surface area (Å²) in [6, 6.07) is 138. The molecule has 0 unspecified atom stereocenters. The molecule has 1 spiro atoms. The van der Waals surface area contributed by atoms with E-state index in [4.69, 9.17) is 29.2 Å². The van der Waals surface area contributed by atoms with Crippen molar-refractivity contribution in [1.29, 1.82) is 0 Å². The summed E-state index contributed by atoms with van der Waals surface area (Å²) in [5.41, 5.74) is 32.7. The van der Waals surface area contributed by atoms with Crippen molar-refractivity contribution < 1.29 is 14.2 Å². The summed E-state index contributed by atoms with van der Waals surface area (Å²) >= 11 is 0. The fourth-order valence-electron chi connectivity index (χ4n) is 22.0. The Morgan fingerprint density at radius 2 is 0.472 bits per heavy atom. The Bertz CT molecular complexity index is 7190. The van der Waals surface area contributed by atoms with Crippen LogP contribution >= 0.6 is 0 Å². The summed E-state index contributed by atoms with van der Waals surface area (Å²) in [6.45, 7) is 18.4. The van der Waals surface area contributed by atoms with Gasteiger partial charge in [0.1, 0.15) is 28.3 Å². The summed E-state index contributed by atoms with van der Waals surface area (Å²) in [6.07, 6.45) is 0. The summed E-state index contributed by atoms with van der Waals surface area (Å²) < 4.78 is 27.0. The first-order valence-electron chi connectivity index (χ1n) is 43.2. The molecule has 0 saturated carbocycles. The van der Waals surface area contributed by atoms with Crippen molar-refractivity contribution in [3.63, 3.8) is 0 Å². The van der Waals surface area contributed by atoms with Gasteiger partial charge in [-0.15, -0.1) is 0 Å². The quantitative estimate of drug-likeness (QED) is 0.167. The SMILES string of the molecule is CC1(C)c2ccccc2N(c2ccc3c(c2)Oc2nc4ccccc4n2C3(C)C)c2ccccc21.CC1(C)c2ccccc2N(c2ccc3c(c2)Oc2nc4ccccc4n2C3(c2ccccc2)c2ccccc2)c2ccccc21.CC1(C)c2ccccc2N(c2ccc3c(c2)Oc2nc4ccccc4n2C32c3ccccc3-c3ccccc32)c2ccccc21. The van der Waals surface area contributed by atoms with Crippen molar-refractivity contribution in [3.05, 3.63) is 455 Å². The maximum Gasteiger partial charge on any atom is 0.304 e. The Kier molecular flexibility index (Phi) is 16.0. The van der Waals surface area contributed by atoms with Gasteiger partial charge in [-0.05, 0) is 172 Å². The number of para-hydroxylation sites is 12. The average molecular weight is 1620 g/mol. The zero-order valence-electron chi connectivity index (χ0n) is 70.6. The van der Waals surface area contributed by atoms with Gasteiger partial charge in [-0.1, -0.05) is 315 Å². The fraction of sp³-hybridized carbons (Fsp3) is 0.124. The van der Waals surface area contributed by atoms with E-state index in [-0.39, 0.29) is 21.8 Å². The van der Waals surface area contributed by atoms with Gasteiger partial charge in [-0.3, -0.25) is 13.7 Å². The number of hydrogen-bond donors (Lipinski definition) is 0. The molecule has 125 heavy (non-hydrogen) atoms. The van der Waals surface area contributed by atoms with Crippen LogP contribution in [0.1, 0.15) is 128 Å². The first kappa shape index (κ1) is 73.6. The van der Waals surface area contributed by atoms with Crippen LogP contribution in [-0.4, -0.2) is 28.7 Å². The molecule has 9 heterocycles. The van der Waals surface area contributed by atoms with Crippen LogP contribution in [0.5, 0.6) is 35.3 Å². The summed E-state index contributed by atoms with van der Waals surface area (Å²) in [4.78, 5) is 22.1. The number of nitrogens with zero attached hydrogens (tertiary/aromatic N) is 9. The first-order chi connectivity index (χ1) is 61.0. The van der Waals surface area contributed by atoms with Gasteiger partial charge in [0.2, 0.25) is 0 Å². The Balaban J connectivity index is 0.000000106. The van der Waals surface area contributed by atoms with Gasteiger partial charge >= 0.3 is 18.0 Å². The number of benzene rings is 16. The molecule has 3 aromatic heterocycles. The lowest BCUT2D eigenvalue weighted by Crippen LogP contribution is -2.40. The molecular formula is C113H87N9O3. The zero-order chi connectivity index (χ0) is 84.0. The Labute approximate surface area is 726 Å². The van der Waals surface area contributed by atoms with Crippen LogP contribution in [-0.2, 0) is 32.9 Å². The van der Waals surface area contributed by atoms with Crippen molar-refractivity contribution in [3.8, 4) is 46.4 Å². The molecule has 16 aromatic carbocycles. The molecule has 12 heteroatoms. The lowest BCUT2D eigenvalue weighted by atomic mass is 9.73. The Hall–Kier alpha value is -15.3. The molecule has 26 rings (SSSR count). The molecule has 12 nitrogen and oxygen atoms in total. The van der Waals surface area contributed by atoms with E-state index in [1.807, 2.05) is 24.3 Å². The summed E-state index contributed by atoms with van der Waals surface area (Å²) in [5.74, 6) is 2.47. The van der Waals surface area contributed by atoms with Crippen LogP contribution in [0, 0.1) is 0 Å². The maximum atomic E-state index is 6.85.